The number of benzene rings is 1. The Hall–Kier alpha value is -2.24. The van der Waals surface area contributed by atoms with E-state index < -0.39 is 0 Å². The molecule has 2 aliphatic rings. The highest BCUT2D eigenvalue weighted by Gasteiger charge is 2.32. The van der Waals surface area contributed by atoms with Gasteiger partial charge < -0.3 is 9.42 Å². The van der Waals surface area contributed by atoms with E-state index in [1.165, 1.54) is 37.1 Å². The number of amides is 1. The maximum atomic E-state index is 13.0. The average Bonchev–Trinajstić information content (AvgIpc) is 3.33. The number of rotatable bonds is 3. The van der Waals surface area contributed by atoms with Crippen LogP contribution in [0.15, 0.2) is 28.8 Å². The van der Waals surface area contributed by atoms with E-state index in [4.69, 9.17) is 4.52 Å². The quantitative estimate of drug-likeness (QED) is 0.865. The molecule has 0 radical (unpaired) electrons. The molecule has 2 aromatic rings. The molecule has 1 saturated heterocycles. The van der Waals surface area contributed by atoms with Crippen LogP contribution in [-0.4, -0.2) is 34.0 Å². The second-order valence-electron chi connectivity index (χ2n) is 6.72. The third kappa shape index (κ3) is 2.92. The Balaban J connectivity index is 1.42. The monoisotopic (exact) mass is 329 g/mol. The van der Waals surface area contributed by atoms with Crippen LogP contribution in [0, 0.1) is 5.82 Å². The summed E-state index contributed by atoms with van der Waals surface area (Å²) in [5, 5.41) is 4.15. The highest BCUT2D eigenvalue weighted by molar-refractivity contribution is 5.94. The van der Waals surface area contributed by atoms with E-state index in [0.717, 1.165) is 25.1 Å². The van der Waals surface area contributed by atoms with Gasteiger partial charge in [-0.25, -0.2) is 4.39 Å². The van der Waals surface area contributed by atoms with Crippen molar-refractivity contribution in [2.75, 3.05) is 13.1 Å². The summed E-state index contributed by atoms with van der Waals surface area (Å²) >= 11 is 0. The van der Waals surface area contributed by atoms with Crippen LogP contribution in [0.2, 0.25) is 0 Å². The maximum absolute atomic E-state index is 13.0. The fourth-order valence-electron chi connectivity index (χ4n) is 3.68. The van der Waals surface area contributed by atoms with Crippen molar-refractivity contribution in [1.29, 1.82) is 0 Å². The number of likely N-dealkylation sites (tertiary alicyclic amines) is 1. The van der Waals surface area contributed by atoms with Crippen LogP contribution in [-0.2, 0) is 0 Å². The van der Waals surface area contributed by atoms with Gasteiger partial charge in [0, 0.05) is 24.6 Å². The first-order valence-corrected chi connectivity index (χ1v) is 8.59. The molecule has 0 spiro atoms. The van der Waals surface area contributed by atoms with Crippen molar-refractivity contribution in [3.8, 4) is 0 Å². The number of carbonyl (C=O) groups is 1. The zero-order valence-corrected chi connectivity index (χ0v) is 13.4. The van der Waals surface area contributed by atoms with Gasteiger partial charge in [-0.2, -0.15) is 4.98 Å². The molecule has 1 amide bonds. The molecule has 1 aliphatic carbocycles. The van der Waals surface area contributed by atoms with E-state index in [1.54, 1.807) is 4.90 Å². The fourth-order valence-corrected chi connectivity index (χ4v) is 3.68. The number of hydrogen-bond acceptors (Lipinski definition) is 4. The predicted molar refractivity (Wildman–Crippen MR) is 85.2 cm³/mol. The van der Waals surface area contributed by atoms with Crippen LogP contribution in [0.4, 0.5) is 4.39 Å². The van der Waals surface area contributed by atoms with Crippen molar-refractivity contribution in [3.05, 3.63) is 47.4 Å². The molecule has 1 aliphatic heterocycles. The van der Waals surface area contributed by atoms with Gasteiger partial charge in [-0.05, 0) is 43.5 Å². The maximum Gasteiger partial charge on any atom is 0.253 e. The fraction of sp³-hybridized carbons (Fsp3) is 0.500. The molecule has 5 nitrogen and oxygen atoms in total. The molecule has 4 rings (SSSR count). The summed E-state index contributed by atoms with van der Waals surface area (Å²) in [5.74, 6) is 1.58. The van der Waals surface area contributed by atoms with E-state index in [9.17, 15) is 9.18 Å². The van der Waals surface area contributed by atoms with E-state index in [2.05, 4.69) is 10.1 Å². The SMILES string of the molecule is O=C(c1ccc(F)cc1)N1CC[C@H](c2nc(C3CCCC3)no2)C1. The van der Waals surface area contributed by atoms with Crippen molar-refractivity contribution >= 4 is 5.91 Å². The van der Waals surface area contributed by atoms with Crippen LogP contribution in [0.25, 0.3) is 0 Å². The molecule has 1 saturated carbocycles. The molecular formula is C18H20FN3O2. The second-order valence-corrected chi connectivity index (χ2v) is 6.72. The van der Waals surface area contributed by atoms with Gasteiger partial charge in [0.15, 0.2) is 5.82 Å². The molecule has 0 N–H and O–H groups in total. The van der Waals surface area contributed by atoms with E-state index >= 15 is 0 Å². The summed E-state index contributed by atoms with van der Waals surface area (Å²) in [6.07, 6.45) is 5.56. The van der Waals surface area contributed by atoms with Crippen LogP contribution in [0.1, 0.15) is 66.0 Å². The number of carbonyl (C=O) groups excluding carboxylic acids is 1. The van der Waals surface area contributed by atoms with Gasteiger partial charge in [-0.3, -0.25) is 4.79 Å². The Morgan fingerprint density at radius 1 is 1.12 bits per heavy atom. The summed E-state index contributed by atoms with van der Waals surface area (Å²) in [6, 6.07) is 5.67. The van der Waals surface area contributed by atoms with Crippen LogP contribution >= 0.6 is 0 Å². The first kappa shape index (κ1) is 15.3. The van der Waals surface area contributed by atoms with Gasteiger partial charge in [0.25, 0.3) is 5.91 Å². The topological polar surface area (TPSA) is 59.2 Å². The molecule has 1 aromatic heterocycles. The van der Waals surface area contributed by atoms with Gasteiger partial charge in [0.05, 0.1) is 5.92 Å². The molecule has 2 heterocycles. The highest BCUT2D eigenvalue weighted by Crippen LogP contribution is 2.34. The third-order valence-electron chi connectivity index (χ3n) is 5.09. The van der Waals surface area contributed by atoms with Crippen LogP contribution in [0.3, 0.4) is 0 Å². The molecule has 126 valence electrons. The van der Waals surface area contributed by atoms with Crippen molar-refractivity contribution in [2.24, 2.45) is 0 Å². The second kappa shape index (κ2) is 6.34. The van der Waals surface area contributed by atoms with Crippen molar-refractivity contribution in [2.45, 2.75) is 43.9 Å². The molecule has 0 bridgehead atoms. The lowest BCUT2D eigenvalue weighted by molar-refractivity contribution is 0.0789. The summed E-state index contributed by atoms with van der Waals surface area (Å²) < 4.78 is 18.5. The molecule has 1 atom stereocenters. The lowest BCUT2D eigenvalue weighted by atomic mass is 10.1. The molecule has 2 fully saturated rings. The largest absolute Gasteiger partial charge is 0.339 e. The molecule has 6 heteroatoms. The predicted octanol–water partition coefficient (Wildman–Crippen LogP) is 3.50. The van der Waals surface area contributed by atoms with Gasteiger partial charge >= 0.3 is 0 Å². The minimum Gasteiger partial charge on any atom is -0.339 e. The van der Waals surface area contributed by atoms with Crippen LogP contribution < -0.4 is 0 Å². The zero-order valence-electron chi connectivity index (χ0n) is 13.4. The highest BCUT2D eigenvalue weighted by atomic mass is 19.1. The van der Waals surface area contributed by atoms with Crippen molar-refractivity contribution < 1.29 is 13.7 Å². The summed E-state index contributed by atoms with van der Waals surface area (Å²) in [6.45, 7) is 1.23. The summed E-state index contributed by atoms with van der Waals surface area (Å²) in [4.78, 5) is 18.8. The normalized spacial score (nSPS) is 21.5. The number of halogens is 1. The number of aromatic nitrogens is 2. The van der Waals surface area contributed by atoms with Crippen molar-refractivity contribution in [3.63, 3.8) is 0 Å². The van der Waals surface area contributed by atoms with Crippen molar-refractivity contribution in [1.82, 2.24) is 15.0 Å². The molecule has 24 heavy (non-hydrogen) atoms. The Bertz CT molecular complexity index is 722. The number of nitrogens with zero attached hydrogens (tertiary/aromatic N) is 3. The lowest BCUT2D eigenvalue weighted by Gasteiger charge is -2.15. The van der Waals surface area contributed by atoms with E-state index in [-0.39, 0.29) is 17.6 Å². The first-order chi connectivity index (χ1) is 11.7. The molecule has 0 unspecified atom stereocenters. The van der Waals surface area contributed by atoms with Gasteiger partial charge in [-0.15, -0.1) is 0 Å². The zero-order chi connectivity index (χ0) is 16.5. The molecule has 1 aromatic carbocycles. The standard InChI is InChI=1S/C18H20FN3O2/c19-15-7-5-13(6-8-15)18(23)22-10-9-14(11-22)17-20-16(21-24-17)12-3-1-2-4-12/h5-8,12,14H,1-4,9-11H2/t14-/m0/s1. The number of hydrogen-bond donors (Lipinski definition) is 0. The average molecular weight is 329 g/mol. The molecular weight excluding hydrogens is 309 g/mol. The van der Waals surface area contributed by atoms with Gasteiger partial charge in [-0.1, -0.05) is 18.0 Å². The Morgan fingerprint density at radius 2 is 1.88 bits per heavy atom. The summed E-state index contributed by atoms with van der Waals surface area (Å²) in [7, 11) is 0. The Morgan fingerprint density at radius 3 is 2.62 bits per heavy atom. The summed E-state index contributed by atoms with van der Waals surface area (Å²) in [5.41, 5.74) is 0.509. The minimum absolute atomic E-state index is 0.0759. The minimum atomic E-state index is -0.337. The smallest absolute Gasteiger partial charge is 0.253 e. The van der Waals surface area contributed by atoms with E-state index in [1.807, 2.05) is 0 Å². The van der Waals surface area contributed by atoms with Gasteiger partial charge in [0.2, 0.25) is 5.89 Å². The van der Waals surface area contributed by atoms with Crippen LogP contribution in [0.5, 0.6) is 0 Å². The van der Waals surface area contributed by atoms with E-state index in [0.29, 0.717) is 30.5 Å². The Kier molecular flexibility index (Phi) is 4.04. The third-order valence-corrected chi connectivity index (χ3v) is 5.09. The Labute approximate surface area is 139 Å². The lowest BCUT2D eigenvalue weighted by Crippen LogP contribution is -2.28. The van der Waals surface area contributed by atoms with Gasteiger partial charge in [0.1, 0.15) is 5.82 Å². The first-order valence-electron chi connectivity index (χ1n) is 8.59.